The van der Waals surface area contributed by atoms with E-state index in [4.69, 9.17) is 9.47 Å². The van der Waals surface area contributed by atoms with E-state index in [2.05, 4.69) is 165 Å². The molecule has 5 aromatic carbocycles. The highest BCUT2D eigenvalue weighted by atomic mass is 16.5. The Kier molecular flexibility index (Phi) is 10.9. The lowest BCUT2D eigenvalue weighted by molar-refractivity contribution is 0.306. The summed E-state index contributed by atoms with van der Waals surface area (Å²) in [5.41, 5.74) is 10.1. The van der Waals surface area contributed by atoms with Crippen molar-refractivity contribution in [2.24, 2.45) is 0 Å². The molecule has 0 radical (unpaired) electrons. The maximum atomic E-state index is 6.11. The van der Waals surface area contributed by atoms with Gasteiger partial charge in [0.25, 0.3) is 0 Å². The Morgan fingerprint density at radius 1 is 0.556 bits per heavy atom. The third kappa shape index (κ3) is 8.13. The van der Waals surface area contributed by atoms with Gasteiger partial charge in [-0.05, 0) is 103 Å². The van der Waals surface area contributed by atoms with Crippen LogP contribution in [-0.2, 0) is 0 Å². The number of aryl methyl sites for hydroxylation is 1. The third-order valence-electron chi connectivity index (χ3n) is 7.58. The lowest BCUT2D eigenvalue weighted by Crippen LogP contribution is -2.09. The molecular formula is C42H43NO2. The number of ether oxygens (including phenoxy) is 2. The average molecular weight is 594 g/mol. The van der Waals surface area contributed by atoms with Gasteiger partial charge in [-0.25, -0.2) is 0 Å². The molecule has 0 N–H and O–H groups in total. The van der Waals surface area contributed by atoms with Crippen LogP contribution in [-0.4, -0.2) is 13.2 Å². The molecular weight excluding hydrogens is 550 g/mol. The van der Waals surface area contributed by atoms with Crippen molar-refractivity contribution in [3.63, 3.8) is 0 Å². The Balaban J connectivity index is 1.45. The first-order valence-electron chi connectivity index (χ1n) is 16.0. The Hall–Kier alpha value is -5.02. The van der Waals surface area contributed by atoms with Gasteiger partial charge in [-0.2, -0.15) is 0 Å². The van der Waals surface area contributed by atoms with Crippen molar-refractivity contribution in [3.8, 4) is 22.6 Å². The topological polar surface area (TPSA) is 21.7 Å². The van der Waals surface area contributed by atoms with Gasteiger partial charge in [-0.1, -0.05) is 105 Å². The number of allylic oxidation sites excluding steroid dienone is 1. The van der Waals surface area contributed by atoms with Crippen LogP contribution in [0, 0.1) is 6.92 Å². The molecule has 0 heterocycles. The molecule has 0 saturated carbocycles. The van der Waals surface area contributed by atoms with Crippen molar-refractivity contribution in [2.75, 3.05) is 18.1 Å². The van der Waals surface area contributed by atoms with E-state index in [1.54, 1.807) is 0 Å². The van der Waals surface area contributed by atoms with Crippen molar-refractivity contribution < 1.29 is 9.47 Å². The summed E-state index contributed by atoms with van der Waals surface area (Å²) in [5, 5.41) is 0. The van der Waals surface area contributed by atoms with Crippen LogP contribution in [0.3, 0.4) is 0 Å². The van der Waals surface area contributed by atoms with E-state index in [-0.39, 0.29) is 0 Å². The summed E-state index contributed by atoms with van der Waals surface area (Å²) >= 11 is 0. The fourth-order valence-electron chi connectivity index (χ4n) is 5.24. The van der Waals surface area contributed by atoms with E-state index in [0.717, 1.165) is 58.1 Å². The zero-order valence-corrected chi connectivity index (χ0v) is 26.9. The van der Waals surface area contributed by atoms with Gasteiger partial charge in [-0.15, -0.1) is 0 Å². The molecule has 45 heavy (non-hydrogen) atoms. The lowest BCUT2D eigenvalue weighted by Gasteiger charge is -2.26. The summed E-state index contributed by atoms with van der Waals surface area (Å²) in [6, 6.07) is 40.9. The van der Waals surface area contributed by atoms with Crippen molar-refractivity contribution in [3.05, 3.63) is 144 Å². The second-order valence-electron chi connectivity index (χ2n) is 11.1. The molecule has 0 spiro atoms. The molecule has 0 fully saturated rings. The van der Waals surface area contributed by atoms with E-state index in [0.29, 0.717) is 13.2 Å². The molecule has 228 valence electrons. The number of benzene rings is 5. The molecule has 0 aliphatic carbocycles. The van der Waals surface area contributed by atoms with Gasteiger partial charge in [0.1, 0.15) is 11.5 Å². The molecule has 5 rings (SSSR count). The van der Waals surface area contributed by atoms with Crippen LogP contribution in [0.1, 0.15) is 55.9 Å². The number of hydrogen-bond donors (Lipinski definition) is 0. The Labute approximate surface area is 269 Å². The molecule has 0 aliphatic heterocycles. The molecule has 0 amide bonds. The van der Waals surface area contributed by atoms with Gasteiger partial charge < -0.3 is 14.4 Å². The predicted molar refractivity (Wildman–Crippen MR) is 193 cm³/mol. The molecule has 0 unspecified atom stereocenters. The maximum absolute atomic E-state index is 6.11. The lowest BCUT2D eigenvalue weighted by atomic mass is 10.0. The zero-order chi connectivity index (χ0) is 31.4. The second-order valence-corrected chi connectivity index (χ2v) is 11.1. The molecule has 0 saturated heterocycles. The van der Waals surface area contributed by atoms with Crippen LogP contribution in [0.25, 0.3) is 29.4 Å². The first-order valence-corrected chi connectivity index (χ1v) is 16.0. The number of nitrogens with zero attached hydrogens (tertiary/aromatic N) is 1. The largest absolute Gasteiger partial charge is 0.493 e. The normalized spacial score (nSPS) is 11.3. The van der Waals surface area contributed by atoms with E-state index in [1.807, 2.05) is 6.92 Å². The zero-order valence-electron chi connectivity index (χ0n) is 26.9. The quantitative estimate of drug-likeness (QED) is 0.127. The highest BCUT2D eigenvalue weighted by molar-refractivity contribution is 5.80. The Morgan fingerprint density at radius 2 is 1.07 bits per heavy atom. The molecule has 5 aromatic rings. The van der Waals surface area contributed by atoms with Gasteiger partial charge >= 0.3 is 0 Å². The second kappa shape index (κ2) is 15.6. The first kappa shape index (κ1) is 31.4. The minimum absolute atomic E-state index is 0.683. The van der Waals surface area contributed by atoms with Crippen LogP contribution < -0.4 is 14.4 Å². The van der Waals surface area contributed by atoms with E-state index in [1.165, 1.54) is 16.7 Å². The van der Waals surface area contributed by atoms with E-state index in [9.17, 15) is 0 Å². The summed E-state index contributed by atoms with van der Waals surface area (Å²) < 4.78 is 12.1. The smallest absolute Gasteiger partial charge is 0.127 e. The van der Waals surface area contributed by atoms with Gasteiger partial charge in [-0.3, -0.25) is 0 Å². The van der Waals surface area contributed by atoms with Crippen LogP contribution in [0.5, 0.6) is 11.5 Å². The van der Waals surface area contributed by atoms with Gasteiger partial charge in [0.15, 0.2) is 0 Å². The fourth-order valence-corrected chi connectivity index (χ4v) is 5.24. The van der Waals surface area contributed by atoms with Crippen LogP contribution >= 0.6 is 0 Å². The average Bonchev–Trinajstić information content (AvgIpc) is 3.08. The molecule has 0 aromatic heterocycles. The Bertz CT molecular complexity index is 1700. The molecule has 3 heteroatoms. The van der Waals surface area contributed by atoms with E-state index < -0.39 is 0 Å². The maximum Gasteiger partial charge on any atom is 0.127 e. The van der Waals surface area contributed by atoms with Crippen LogP contribution in [0.4, 0.5) is 17.1 Å². The van der Waals surface area contributed by atoms with Crippen molar-refractivity contribution >= 4 is 35.3 Å². The van der Waals surface area contributed by atoms with Crippen LogP contribution in [0.2, 0.25) is 0 Å². The summed E-state index contributed by atoms with van der Waals surface area (Å²) in [6.07, 6.45) is 10.4. The van der Waals surface area contributed by atoms with Gasteiger partial charge in [0.05, 0.1) is 13.2 Å². The number of rotatable bonds is 13. The highest BCUT2D eigenvalue weighted by Gasteiger charge is 2.13. The predicted octanol–water partition coefficient (Wildman–Crippen LogP) is 11.9. The summed E-state index contributed by atoms with van der Waals surface area (Å²) in [6.45, 7) is 9.75. The Morgan fingerprint density at radius 3 is 1.62 bits per heavy atom. The highest BCUT2D eigenvalue weighted by Crippen LogP contribution is 2.36. The van der Waals surface area contributed by atoms with Crippen LogP contribution in [0.15, 0.2) is 121 Å². The number of hydrogen-bond acceptors (Lipinski definition) is 3. The molecule has 0 aliphatic rings. The summed E-state index contributed by atoms with van der Waals surface area (Å²) in [4.78, 5) is 2.30. The standard InChI is InChI=1S/C42H43NO2/c1-5-11-33-15-22-38(23-16-33)43(40-26-20-36(21-27-40)35-12-9-8-10-13-35)39-24-17-34(18-25-39)14-19-37-31-41(44-28-6-2)32(4)30-42(37)45-29-7-3/h5,8-27,30-31H,6-7,28-29H2,1-4H3. The number of anilines is 3. The molecule has 0 bridgehead atoms. The van der Waals surface area contributed by atoms with Crippen molar-refractivity contribution in [2.45, 2.75) is 40.5 Å². The monoisotopic (exact) mass is 593 g/mol. The molecule has 3 nitrogen and oxygen atoms in total. The van der Waals surface area contributed by atoms with E-state index >= 15 is 0 Å². The third-order valence-corrected chi connectivity index (χ3v) is 7.58. The van der Waals surface area contributed by atoms with Gasteiger partial charge in [0.2, 0.25) is 0 Å². The fraction of sp³-hybridized carbons (Fsp3) is 0.190. The minimum atomic E-state index is 0.683. The summed E-state index contributed by atoms with van der Waals surface area (Å²) in [7, 11) is 0. The SMILES string of the molecule is CC=Cc1ccc(N(c2ccc(C=Cc3cc(OCCC)c(C)cc3OCCC)cc2)c2ccc(-c3ccccc3)cc2)cc1. The minimum Gasteiger partial charge on any atom is -0.493 e. The molecule has 0 atom stereocenters. The van der Waals surface area contributed by atoms with Gasteiger partial charge in [0, 0.05) is 22.6 Å². The van der Waals surface area contributed by atoms with Crippen molar-refractivity contribution in [1.82, 2.24) is 0 Å². The van der Waals surface area contributed by atoms with Crippen molar-refractivity contribution in [1.29, 1.82) is 0 Å². The summed E-state index contributed by atoms with van der Waals surface area (Å²) in [5.74, 6) is 1.79. The first-order chi connectivity index (χ1) is 22.1.